The van der Waals surface area contributed by atoms with E-state index < -0.39 is 12.0 Å². The van der Waals surface area contributed by atoms with Crippen LogP contribution < -0.4 is 10.1 Å². The topological polar surface area (TPSA) is 80.6 Å². The first-order chi connectivity index (χ1) is 13.6. The summed E-state index contributed by atoms with van der Waals surface area (Å²) in [6.45, 7) is 3.45. The number of nitrogens with one attached hydrogen (secondary N) is 1. The van der Waals surface area contributed by atoms with Crippen LogP contribution in [-0.4, -0.2) is 28.2 Å². The summed E-state index contributed by atoms with van der Waals surface area (Å²) in [6, 6.07) is 12.1. The summed E-state index contributed by atoms with van der Waals surface area (Å²) < 4.78 is 7.56. The number of carbonyl (C=O) groups is 2. The summed E-state index contributed by atoms with van der Waals surface area (Å²) in [7, 11) is 0. The number of aromatic nitrogens is 1. The van der Waals surface area contributed by atoms with E-state index in [2.05, 4.69) is 9.88 Å². The molecule has 0 fully saturated rings. The zero-order chi connectivity index (χ0) is 19.7. The molecule has 1 unspecified atom stereocenters. The van der Waals surface area contributed by atoms with Crippen molar-refractivity contribution in [2.45, 2.75) is 32.4 Å². The minimum atomic E-state index is -1.09. The lowest BCUT2D eigenvalue weighted by molar-refractivity contribution is -0.141. The van der Waals surface area contributed by atoms with E-state index in [1.54, 1.807) is 12.1 Å². The number of hydrogen-bond acceptors (Lipinski definition) is 3. The zero-order valence-corrected chi connectivity index (χ0v) is 15.6. The predicted octanol–water partition coefficient (Wildman–Crippen LogP) is 3.08. The molecule has 0 spiro atoms. The molecule has 2 N–H and O–H groups in total. The van der Waals surface area contributed by atoms with E-state index in [-0.39, 0.29) is 12.3 Å². The van der Waals surface area contributed by atoms with Crippen LogP contribution >= 0.6 is 0 Å². The minimum Gasteiger partial charge on any atom is -0.493 e. The number of rotatable bonds is 6. The largest absolute Gasteiger partial charge is 0.493 e. The van der Waals surface area contributed by atoms with E-state index in [9.17, 15) is 14.7 Å². The van der Waals surface area contributed by atoms with Crippen molar-refractivity contribution in [2.75, 3.05) is 6.61 Å². The number of ether oxygens (including phenoxy) is 1. The lowest BCUT2D eigenvalue weighted by atomic mass is 10.0. The number of fused-ring (bicyclic) bond motifs is 2. The molecule has 0 saturated carbocycles. The normalized spacial score (nSPS) is 13.8. The molecule has 0 bridgehead atoms. The number of aliphatic carboxylic acids is 1. The fraction of sp³-hybridized carbons (Fsp3) is 0.273. The van der Waals surface area contributed by atoms with Crippen LogP contribution in [0.3, 0.4) is 0 Å². The van der Waals surface area contributed by atoms with Crippen LogP contribution in [0.15, 0.2) is 48.7 Å². The molecule has 0 aliphatic carbocycles. The van der Waals surface area contributed by atoms with E-state index in [4.69, 9.17) is 4.74 Å². The van der Waals surface area contributed by atoms with Gasteiger partial charge in [0.15, 0.2) is 6.04 Å². The number of carbonyl (C=O) groups excluding carboxylic acids is 1. The number of amides is 1. The van der Waals surface area contributed by atoms with Crippen LogP contribution in [0.25, 0.3) is 10.9 Å². The van der Waals surface area contributed by atoms with Gasteiger partial charge in [-0.25, -0.2) is 4.79 Å². The van der Waals surface area contributed by atoms with Crippen molar-refractivity contribution in [3.05, 3.63) is 65.4 Å². The highest BCUT2D eigenvalue weighted by Gasteiger charge is 2.25. The van der Waals surface area contributed by atoms with Crippen molar-refractivity contribution in [1.82, 2.24) is 9.88 Å². The maximum Gasteiger partial charge on any atom is 0.330 e. The fourth-order valence-corrected chi connectivity index (χ4v) is 3.78. The van der Waals surface area contributed by atoms with Crippen molar-refractivity contribution in [1.29, 1.82) is 0 Å². The summed E-state index contributed by atoms with van der Waals surface area (Å²) >= 11 is 0. The highest BCUT2D eigenvalue weighted by atomic mass is 16.5. The molecule has 2 heterocycles. The first-order valence-electron chi connectivity index (χ1n) is 9.41. The van der Waals surface area contributed by atoms with E-state index in [1.165, 1.54) is 0 Å². The Kier molecular flexibility index (Phi) is 4.77. The van der Waals surface area contributed by atoms with Gasteiger partial charge in [0.25, 0.3) is 0 Å². The highest BCUT2D eigenvalue weighted by molar-refractivity contribution is 5.91. The summed E-state index contributed by atoms with van der Waals surface area (Å²) in [5.74, 6) is -0.613. The molecule has 6 nitrogen and oxygen atoms in total. The first-order valence-corrected chi connectivity index (χ1v) is 9.41. The molecule has 1 aliphatic rings. The summed E-state index contributed by atoms with van der Waals surface area (Å²) in [5.41, 5.74) is 3.49. The van der Waals surface area contributed by atoms with Crippen LogP contribution in [0.2, 0.25) is 0 Å². The van der Waals surface area contributed by atoms with Crippen molar-refractivity contribution < 1.29 is 19.4 Å². The van der Waals surface area contributed by atoms with Crippen molar-refractivity contribution in [3.8, 4) is 5.75 Å². The molecule has 4 rings (SSSR count). The molecule has 1 amide bonds. The number of hydrogen-bond donors (Lipinski definition) is 2. The van der Waals surface area contributed by atoms with Crippen LogP contribution in [0, 0.1) is 0 Å². The first kappa shape index (κ1) is 18.1. The number of nitrogens with zero attached hydrogens (tertiary/aromatic N) is 1. The van der Waals surface area contributed by atoms with E-state index >= 15 is 0 Å². The Balaban J connectivity index is 1.55. The summed E-state index contributed by atoms with van der Waals surface area (Å²) in [4.78, 5) is 24.5. The summed E-state index contributed by atoms with van der Waals surface area (Å²) in [6.07, 6.45) is 2.85. The highest BCUT2D eigenvalue weighted by Crippen LogP contribution is 2.28. The number of carboxylic acids is 1. The maximum atomic E-state index is 12.7. The van der Waals surface area contributed by atoms with E-state index in [1.807, 2.05) is 43.5 Å². The Morgan fingerprint density at radius 3 is 2.86 bits per heavy atom. The number of para-hydroxylation sites is 1. The predicted molar refractivity (Wildman–Crippen MR) is 105 cm³/mol. The zero-order valence-electron chi connectivity index (χ0n) is 15.6. The van der Waals surface area contributed by atoms with Gasteiger partial charge >= 0.3 is 5.97 Å². The Morgan fingerprint density at radius 2 is 2.07 bits per heavy atom. The van der Waals surface area contributed by atoms with Gasteiger partial charge in [-0.1, -0.05) is 24.3 Å². The van der Waals surface area contributed by atoms with Gasteiger partial charge in [-0.3, -0.25) is 4.79 Å². The third-order valence-corrected chi connectivity index (χ3v) is 5.16. The minimum absolute atomic E-state index is 0.130. The van der Waals surface area contributed by atoms with Crippen molar-refractivity contribution in [2.24, 2.45) is 0 Å². The molecular formula is C22H22N2O4. The van der Waals surface area contributed by atoms with Crippen molar-refractivity contribution >= 4 is 22.8 Å². The van der Waals surface area contributed by atoms with Gasteiger partial charge < -0.3 is 19.7 Å². The standard InChI is InChI=1S/C22H22N2O4/c1-2-24-13-16(17-5-3-4-6-18(17)24)12-20(25)23-21(22(26)27)15-7-8-19-14(11-15)9-10-28-19/h3-8,11,13,21H,2,9-10,12H2,1H3,(H,23,25)(H,26,27). The third kappa shape index (κ3) is 3.33. The number of aryl methyl sites for hydroxylation is 1. The number of benzene rings is 2. The summed E-state index contributed by atoms with van der Waals surface area (Å²) in [5, 5.41) is 13.3. The lowest BCUT2D eigenvalue weighted by Crippen LogP contribution is -2.34. The molecule has 3 aromatic rings. The Morgan fingerprint density at radius 1 is 1.25 bits per heavy atom. The van der Waals surface area contributed by atoms with Gasteiger partial charge in [-0.05, 0) is 41.8 Å². The van der Waals surface area contributed by atoms with Gasteiger partial charge in [0, 0.05) is 30.1 Å². The van der Waals surface area contributed by atoms with Crippen molar-refractivity contribution in [3.63, 3.8) is 0 Å². The third-order valence-electron chi connectivity index (χ3n) is 5.16. The van der Waals surface area contributed by atoms with Crippen LogP contribution in [0.5, 0.6) is 5.75 Å². The molecule has 6 heteroatoms. The molecule has 0 saturated heterocycles. The Bertz CT molecular complexity index is 1050. The molecule has 0 radical (unpaired) electrons. The molecule has 28 heavy (non-hydrogen) atoms. The molecule has 1 aliphatic heterocycles. The Labute approximate surface area is 162 Å². The average Bonchev–Trinajstić information content (AvgIpc) is 3.30. The van der Waals surface area contributed by atoms with Gasteiger partial charge in [-0.2, -0.15) is 0 Å². The van der Waals surface area contributed by atoms with Gasteiger partial charge in [0.1, 0.15) is 5.75 Å². The SMILES string of the molecule is CCn1cc(CC(=O)NC(C(=O)O)c2ccc3c(c2)CCO3)c2ccccc21. The molecule has 144 valence electrons. The lowest BCUT2D eigenvalue weighted by Gasteiger charge is -2.16. The van der Waals surface area contributed by atoms with Crippen LogP contribution in [0.4, 0.5) is 0 Å². The van der Waals surface area contributed by atoms with Gasteiger partial charge in [-0.15, -0.1) is 0 Å². The molecule has 2 aromatic carbocycles. The van der Waals surface area contributed by atoms with Gasteiger partial charge in [0.05, 0.1) is 13.0 Å². The maximum absolute atomic E-state index is 12.7. The second-order valence-corrected chi connectivity index (χ2v) is 6.94. The van der Waals surface area contributed by atoms with Crippen LogP contribution in [0.1, 0.15) is 29.7 Å². The second kappa shape index (κ2) is 7.38. The number of carboxylic acid groups (broad SMARTS) is 1. The smallest absolute Gasteiger partial charge is 0.330 e. The average molecular weight is 378 g/mol. The molecule has 1 aromatic heterocycles. The fourth-order valence-electron chi connectivity index (χ4n) is 3.78. The van der Waals surface area contributed by atoms with Crippen LogP contribution in [-0.2, 0) is 29.0 Å². The van der Waals surface area contributed by atoms with Gasteiger partial charge in [0.2, 0.25) is 5.91 Å². The van der Waals surface area contributed by atoms with E-state index in [0.29, 0.717) is 12.2 Å². The second-order valence-electron chi connectivity index (χ2n) is 6.94. The molecular weight excluding hydrogens is 356 g/mol. The quantitative estimate of drug-likeness (QED) is 0.691. The van der Waals surface area contributed by atoms with E-state index in [0.717, 1.165) is 40.7 Å². The Hall–Kier alpha value is -3.28. The monoisotopic (exact) mass is 378 g/mol. The molecule has 1 atom stereocenters.